The molecule has 6 aromatic rings. The molecule has 210 valence electrons. The quantitative estimate of drug-likeness (QED) is 0.212. The molecule has 0 unspecified atom stereocenters. The van der Waals surface area contributed by atoms with Gasteiger partial charge < -0.3 is 14.5 Å². The Morgan fingerprint density at radius 1 is 0.614 bits per heavy atom. The van der Waals surface area contributed by atoms with E-state index in [9.17, 15) is 0 Å². The van der Waals surface area contributed by atoms with Crippen LogP contribution in [0, 0.1) is 0 Å². The van der Waals surface area contributed by atoms with Gasteiger partial charge >= 0.3 is 0 Å². The zero-order valence-corrected chi connectivity index (χ0v) is 24.3. The fourth-order valence-corrected chi connectivity index (χ4v) is 7.55. The Kier molecular flexibility index (Phi) is 5.36. The molecule has 4 heteroatoms. The normalized spacial score (nSPS) is 15.1. The first-order valence-electron chi connectivity index (χ1n) is 15.0. The molecule has 44 heavy (non-hydrogen) atoms. The monoisotopic (exact) mass is 567 g/mol. The molecule has 9 rings (SSSR count). The number of hydrogen-bond donors (Lipinski definition) is 0. The second-order valence-electron chi connectivity index (χ2n) is 11.7. The van der Waals surface area contributed by atoms with E-state index in [2.05, 4.69) is 131 Å². The van der Waals surface area contributed by atoms with Crippen LogP contribution < -0.4 is 9.64 Å². The molecular weight excluding hydrogens is 538 g/mol. The molecule has 0 bridgehead atoms. The molecular formula is C40H29N3O. The van der Waals surface area contributed by atoms with Crippen LogP contribution in [0.4, 0.5) is 5.69 Å². The molecule has 0 amide bonds. The SMILES string of the molecule is CN1CN(c2cccc(Oc3ccccn3)c2)C=C1c1ccc2c(c1)C1(c3ccccc3-c3ccccc31)c1ccccc1-2. The maximum Gasteiger partial charge on any atom is 0.219 e. The lowest BCUT2D eigenvalue weighted by Crippen LogP contribution is -2.26. The van der Waals surface area contributed by atoms with E-state index in [0.717, 1.165) is 18.1 Å². The van der Waals surface area contributed by atoms with Gasteiger partial charge in [0.25, 0.3) is 0 Å². The number of anilines is 1. The van der Waals surface area contributed by atoms with Gasteiger partial charge in [-0.15, -0.1) is 0 Å². The Balaban J connectivity index is 1.17. The fraction of sp³-hybridized carbons (Fsp3) is 0.0750. The van der Waals surface area contributed by atoms with Crippen molar-refractivity contribution in [3.05, 3.63) is 174 Å². The highest BCUT2D eigenvalue weighted by Crippen LogP contribution is 2.62. The average molecular weight is 568 g/mol. The highest BCUT2D eigenvalue weighted by Gasteiger charge is 2.51. The average Bonchev–Trinajstić information content (AvgIpc) is 3.71. The summed E-state index contributed by atoms with van der Waals surface area (Å²) in [7, 11) is 2.16. The smallest absolute Gasteiger partial charge is 0.219 e. The van der Waals surface area contributed by atoms with Gasteiger partial charge in [-0.05, 0) is 74.3 Å². The molecule has 0 atom stereocenters. The Labute approximate surface area is 257 Å². The Morgan fingerprint density at radius 2 is 1.25 bits per heavy atom. The third-order valence-electron chi connectivity index (χ3n) is 9.36. The zero-order valence-electron chi connectivity index (χ0n) is 24.3. The highest BCUT2D eigenvalue weighted by atomic mass is 16.5. The maximum absolute atomic E-state index is 6.04. The van der Waals surface area contributed by atoms with Crippen molar-refractivity contribution in [2.24, 2.45) is 0 Å². The summed E-state index contributed by atoms with van der Waals surface area (Å²) in [4.78, 5) is 8.91. The Morgan fingerprint density at radius 3 is 1.91 bits per heavy atom. The first-order chi connectivity index (χ1) is 21.7. The summed E-state index contributed by atoms with van der Waals surface area (Å²) in [6, 6.07) is 47.8. The number of hydrogen-bond acceptors (Lipinski definition) is 4. The topological polar surface area (TPSA) is 28.6 Å². The molecule has 0 N–H and O–H groups in total. The third-order valence-corrected chi connectivity index (χ3v) is 9.36. The summed E-state index contributed by atoms with van der Waals surface area (Å²) in [6.07, 6.45) is 4.00. The maximum atomic E-state index is 6.04. The predicted octanol–water partition coefficient (Wildman–Crippen LogP) is 8.93. The minimum absolute atomic E-state index is 0.344. The molecule has 1 spiro atoms. The molecule has 0 saturated heterocycles. The van der Waals surface area contributed by atoms with Gasteiger partial charge in [-0.3, -0.25) is 0 Å². The number of aromatic nitrogens is 1. The molecule has 3 aliphatic rings. The van der Waals surface area contributed by atoms with Crippen molar-refractivity contribution >= 4 is 11.4 Å². The zero-order chi connectivity index (χ0) is 29.3. The van der Waals surface area contributed by atoms with Gasteiger partial charge in [0.05, 0.1) is 17.8 Å². The van der Waals surface area contributed by atoms with Crippen LogP contribution in [0.25, 0.3) is 28.0 Å². The van der Waals surface area contributed by atoms with Crippen molar-refractivity contribution in [1.82, 2.24) is 9.88 Å². The molecule has 2 heterocycles. The van der Waals surface area contributed by atoms with Crippen LogP contribution in [-0.2, 0) is 5.41 Å². The van der Waals surface area contributed by atoms with Crippen LogP contribution in [0.1, 0.15) is 27.8 Å². The van der Waals surface area contributed by atoms with E-state index in [1.54, 1.807) is 6.20 Å². The van der Waals surface area contributed by atoms with Gasteiger partial charge in [0.2, 0.25) is 5.88 Å². The van der Waals surface area contributed by atoms with Crippen molar-refractivity contribution in [2.75, 3.05) is 18.6 Å². The summed E-state index contributed by atoms with van der Waals surface area (Å²) in [5.41, 5.74) is 13.9. The van der Waals surface area contributed by atoms with E-state index in [1.165, 1.54) is 55.8 Å². The van der Waals surface area contributed by atoms with E-state index in [1.807, 2.05) is 30.3 Å². The van der Waals surface area contributed by atoms with E-state index in [-0.39, 0.29) is 5.41 Å². The van der Waals surface area contributed by atoms with Crippen LogP contribution >= 0.6 is 0 Å². The van der Waals surface area contributed by atoms with Crippen LogP contribution in [-0.4, -0.2) is 23.6 Å². The van der Waals surface area contributed by atoms with Crippen LogP contribution in [0.5, 0.6) is 11.6 Å². The minimum Gasteiger partial charge on any atom is -0.439 e. The number of benzene rings is 5. The second-order valence-corrected chi connectivity index (χ2v) is 11.7. The molecule has 0 saturated carbocycles. The summed E-state index contributed by atoms with van der Waals surface area (Å²) in [6.45, 7) is 0.747. The molecule has 0 radical (unpaired) electrons. The third kappa shape index (κ3) is 3.48. The molecule has 2 aliphatic carbocycles. The van der Waals surface area contributed by atoms with Crippen molar-refractivity contribution in [1.29, 1.82) is 0 Å². The molecule has 0 fully saturated rings. The highest BCUT2D eigenvalue weighted by molar-refractivity contribution is 5.95. The van der Waals surface area contributed by atoms with E-state index in [4.69, 9.17) is 4.74 Å². The molecule has 1 aromatic heterocycles. The summed E-state index contributed by atoms with van der Waals surface area (Å²) >= 11 is 0. The second kappa shape index (κ2) is 9.45. The van der Waals surface area contributed by atoms with Crippen molar-refractivity contribution in [3.63, 3.8) is 0 Å². The van der Waals surface area contributed by atoms with Gasteiger partial charge in [-0.25, -0.2) is 4.98 Å². The summed E-state index contributed by atoms with van der Waals surface area (Å²) in [5, 5.41) is 0. The first kappa shape index (κ1) is 24.9. The van der Waals surface area contributed by atoms with E-state index < -0.39 is 0 Å². The number of pyridine rings is 1. The molecule has 4 nitrogen and oxygen atoms in total. The first-order valence-corrected chi connectivity index (χ1v) is 15.0. The lowest BCUT2D eigenvalue weighted by molar-refractivity contribution is 0.462. The van der Waals surface area contributed by atoms with Crippen LogP contribution in [0.3, 0.4) is 0 Å². The summed E-state index contributed by atoms with van der Waals surface area (Å²) < 4.78 is 6.04. The van der Waals surface area contributed by atoms with Gasteiger partial charge in [0, 0.05) is 37.3 Å². The number of ether oxygens (including phenoxy) is 1. The lowest BCUT2D eigenvalue weighted by atomic mass is 9.70. The predicted molar refractivity (Wildman–Crippen MR) is 177 cm³/mol. The lowest BCUT2D eigenvalue weighted by Gasteiger charge is -2.31. The Bertz CT molecular complexity index is 2050. The number of nitrogens with zero attached hydrogens (tertiary/aromatic N) is 3. The largest absolute Gasteiger partial charge is 0.439 e. The van der Waals surface area contributed by atoms with Gasteiger partial charge in [0.15, 0.2) is 0 Å². The molecule has 1 aliphatic heterocycles. The van der Waals surface area contributed by atoms with Crippen LogP contribution in [0.15, 0.2) is 146 Å². The number of rotatable bonds is 4. The van der Waals surface area contributed by atoms with E-state index in [0.29, 0.717) is 5.88 Å². The standard InChI is InChI=1S/C40H29N3O/c1-42-26-43(28-11-10-12-29(24-28)44-39-19-8-9-22-41-39)25-38(42)27-20-21-33-32-15-4-7-18-36(32)40(37(33)23-27)34-16-5-2-13-30(34)31-14-3-6-17-35(31)40/h2-25H,26H2,1H3. The van der Waals surface area contributed by atoms with Gasteiger partial charge in [-0.2, -0.15) is 0 Å². The van der Waals surface area contributed by atoms with E-state index >= 15 is 0 Å². The van der Waals surface area contributed by atoms with Crippen molar-refractivity contribution in [2.45, 2.75) is 5.41 Å². The van der Waals surface area contributed by atoms with Gasteiger partial charge in [-0.1, -0.05) is 97.1 Å². The molecule has 5 aromatic carbocycles. The van der Waals surface area contributed by atoms with Crippen molar-refractivity contribution in [3.8, 4) is 33.9 Å². The number of fused-ring (bicyclic) bond motifs is 10. The minimum atomic E-state index is -0.344. The van der Waals surface area contributed by atoms with Crippen molar-refractivity contribution < 1.29 is 4.74 Å². The van der Waals surface area contributed by atoms with Gasteiger partial charge in [0.1, 0.15) is 5.75 Å². The summed E-state index contributed by atoms with van der Waals surface area (Å²) in [5.74, 6) is 1.35. The Hall–Kier alpha value is -5.61. The fourth-order valence-electron chi connectivity index (χ4n) is 7.55. The van der Waals surface area contributed by atoms with Crippen LogP contribution in [0.2, 0.25) is 0 Å².